The molecule has 0 saturated carbocycles. The molecule has 1 atom stereocenters. The monoisotopic (exact) mass is 292 g/mol. The number of carboxylic acids is 1. The minimum atomic E-state index is -1.07. The number of nitrogens with two attached hydrogens (primary N) is 1. The van der Waals surface area contributed by atoms with E-state index in [0.717, 1.165) is 31.7 Å². The molecule has 2 rings (SSSR count). The van der Waals surface area contributed by atoms with Crippen molar-refractivity contribution >= 4 is 17.7 Å². The van der Waals surface area contributed by atoms with Gasteiger partial charge in [-0.3, -0.25) is 9.59 Å². The summed E-state index contributed by atoms with van der Waals surface area (Å²) in [6, 6.07) is 4.83. The van der Waals surface area contributed by atoms with Crippen molar-refractivity contribution in [1.29, 1.82) is 0 Å². The Morgan fingerprint density at radius 2 is 2.14 bits per heavy atom. The number of aromatic nitrogens is 1. The molecular weight excluding hydrogens is 272 g/mol. The zero-order valence-electron chi connectivity index (χ0n) is 11.7. The van der Waals surface area contributed by atoms with Gasteiger partial charge in [0.25, 0.3) is 0 Å². The first-order chi connectivity index (χ1) is 10.1. The van der Waals surface area contributed by atoms with Crippen LogP contribution in [0.2, 0.25) is 0 Å². The van der Waals surface area contributed by atoms with Crippen LogP contribution in [0, 0.1) is 0 Å². The van der Waals surface area contributed by atoms with Crippen LogP contribution in [0.25, 0.3) is 0 Å². The third kappa shape index (κ3) is 4.42. The zero-order chi connectivity index (χ0) is 15.2. The smallest absolute Gasteiger partial charge is 0.305 e. The molecule has 7 nitrogen and oxygen atoms in total. The lowest BCUT2D eigenvalue weighted by Crippen LogP contribution is -2.50. The molecule has 0 spiro atoms. The Morgan fingerprint density at radius 3 is 2.71 bits per heavy atom. The van der Waals surface area contributed by atoms with Crippen molar-refractivity contribution in [1.82, 2.24) is 10.3 Å². The van der Waals surface area contributed by atoms with Crippen molar-refractivity contribution in [2.45, 2.75) is 31.3 Å². The standard InChI is InChI=1S/C14H20N4O3/c15-11(9-13(19)20)14(21)17-10-4-7-18(8-5-10)12-3-1-2-6-16-12/h1-3,6,10-11H,4-5,7-9,15H2,(H,17,21)(H,19,20). The highest BCUT2D eigenvalue weighted by atomic mass is 16.4. The van der Waals surface area contributed by atoms with Gasteiger partial charge in [0.05, 0.1) is 12.5 Å². The number of nitrogens with zero attached hydrogens (tertiary/aromatic N) is 2. The summed E-state index contributed by atoms with van der Waals surface area (Å²) >= 11 is 0. The van der Waals surface area contributed by atoms with Gasteiger partial charge >= 0.3 is 5.97 Å². The van der Waals surface area contributed by atoms with E-state index in [0.29, 0.717) is 0 Å². The van der Waals surface area contributed by atoms with Crippen LogP contribution >= 0.6 is 0 Å². The molecule has 1 amide bonds. The van der Waals surface area contributed by atoms with E-state index >= 15 is 0 Å². The molecule has 114 valence electrons. The number of nitrogens with one attached hydrogen (secondary N) is 1. The Balaban J connectivity index is 1.79. The number of piperidine rings is 1. The van der Waals surface area contributed by atoms with Gasteiger partial charge in [-0.15, -0.1) is 0 Å². The van der Waals surface area contributed by atoms with Crippen molar-refractivity contribution < 1.29 is 14.7 Å². The van der Waals surface area contributed by atoms with Gasteiger partial charge in [-0.05, 0) is 25.0 Å². The van der Waals surface area contributed by atoms with Crippen LogP contribution in [-0.2, 0) is 9.59 Å². The van der Waals surface area contributed by atoms with E-state index in [1.807, 2.05) is 18.2 Å². The number of rotatable bonds is 5. The van der Waals surface area contributed by atoms with Crippen molar-refractivity contribution in [3.63, 3.8) is 0 Å². The Kier molecular flexibility index (Phi) is 5.10. The van der Waals surface area contributed by atoms with Crippen molar-refractivity contribution in [3.05, 3.63) is 24.4 Å². The second kappa shape index (κ2) is 7.03. The molecule has 0 radical (unpaired) electrons. The molecule has 2 heterocycles. The highest BCUT2D eigenvalue weighted by molar-refractivity contribution is 5.86. The van der Waals surface area contributed by atoms with Gasteiger partial charge in [-0.25, -0.2) is 4.98 Å². The van der Waals surface area contributed by atoms with Crippen LogP contribution in [0.4, 0.5) is 5.82 Å². The van der Waals surface area contributed by atoms with Gasteiger partial charge in [0, 0.05) is 25.3 Å². The van der Waals surface area contributed by atoms with Crippen LogP contribution in [0.15, 0.2) is 24.4 Å². The van der Waals surface area contributed by atoms with Crippen LogP contribution in [0.1, 0.15) is 19.3 Å². The van der Waals surface area contributed by atoms with E-state index in [1.54, 1.807) is 6.20 Å². The van der Waals surface area contributed by atoms with E-state index in [2.05, 4.69) is 15.2 Å². The molecule has 0 aliphatic carbocycles. The SMILES string of the molecule is NC(CC(=O)O)C(=O)NC1CCN(c2ccccn2)CC1. The lowest BCUT2D eigenvalue weighted by Gasteiger charge is -2.33. The molecule has 0 aromatic carbocycles. The Bertz CT molecular complexity index is 486. The summed E-state index contributed by atoms with van der Waals surface area (Å²) in [4.78, 5) is 28.8. The topological polar surface area (TPSA) is 109 Å². The molecule has 1 aromatic rings. The maximum atomic E-state index is 11.8. The summed E-state index contributed by atoms with van der Waals surface area (Å²) in [6.07, 6.45) is 3.00. The molecule has 21 heavy (non-hydrogen) atoms. The van der Waals surface area contributed by atoms with E-state index in [9.17, 15) is 9.59 Å². The maximum absolute atomic E-state index is 11.8. The maximum Gasteiger partial charge on any atom is 0.305 e. The summed E-state index contributed by atoms with van der Waals surface area (Å²) in [5.74, 6) is -0.527. The summed E-state index contributed by atoms with van der Waals surface area (Å²) in [7, 11) is 0. The highest BCUT2D eigenvalue weighted by Crippen LogP contribution is 2.17. The average molecular weight is 292 g/mol. The predicted molar refractivity (Wildman–Crippen MR) is 77.8 cm³/mol. The largest absolute Gasteiger partial charge is 0.481 e. The first-order valence-electron chi connectivity index (χ1n) is 7.00. The molecule has 0 bridgehead atoms. The minimum Gasteiger partial charge on any atom is -0.481 e. The minimum absolute atomic E-state index is 0.0392. The van der Waals surface area contributed by atoms with Crippen molar-refractivity contribution in [3.8, 4) is 0 Å². The number of anilines is 1. The quantitative estimate of drug-likeness (QED) is 0.703. The van der Waals surface area contributed by atoms with Crippen LogP contribution in [0.3, 0.4) is 0 Å². The fourth-order valence-corrected chi connectivity index (χ4v) is 2.38. The number of carboxylic acid groups (broad SMARTS) is 1. The van der Waals surface area contributed by atoms with Crippen LogP contribution in [-0.4, -0.2) is 47.1 Å². The van der Waals surface area contributed by atoms with Crippen LogP contribution < -0.4 is 16.0 Å². The number of carbonyl (C=O) groups excluding carboxylic acids is 1. The molecule has 1 saturated heterocycles. The molecule has 1 fully saturated rings. The molecule has 1 unspecified atom stereocenters. The summed E-state index contributed by atoms with van der Waals surface area (Å²) in [6.45, 7) is 1.60. The summed E-state index contributed by atoms with van der Waals surface area (Å²) < 4.78 is 0. The number of carbonyl (C=O) groups is 2. The van der Waals surface area contributed by atoms with E-state index < -0.39 is 17.9 Å². The number of amides is 1. The van der Waals surface area contributed by atoms with Gasteiger partial charge in [0.1, 0.15) is 5.82 Å². The van der Waals surface area contributed by atoms with E-state index in [1.165, 1.54) is 0 Å². The number of aliphatic carboxylic acids is 1. The Hall–Kier alpha value is -2.15. The highest BCUT2D eigenvalue weighted by Gasteiger charge is 2.24. The predicted octanol–water partition coefficient (Wildman–Crippen LogP) is -0.0314. The fraction of sp³-hybridized carbons (Fsp3) is 0.500. The van der Waals surface area contributed by atoms with E-state index in [4.69, 9.17) is 10.8 Å². The first-order valence-corrected chi connectivity index (χ1v) is 7.00. The molecular formula is C14H20N4O3. The second-order valence-corrected chi connectivity index (χ2v) is 5.16. The Morgan fingerprint density at radius 1 is 1.43 bits per heavy atom. The van der Waals surface area contributed by atoms with E-state index in [-0.39, 0.29) is 12.5 Å². The van der Waals surface area contributed by atoms with Gasteiger partial charge < -0.3 is 21.1 Å². The zero-order valence-corrected chi connectivity index (χ0v) is 11.7. The fourth-order valence-electron chi connectivity index (χ4n) is 2.38. The average Bonchev–Trinajstić information content (AvgIpc) is 2.48. The third-order valence-electron chi connectivity index (χ3n) is 3.55. The van der Waals surface area contributed by atoms with Crippen molar-refractivity contribution in [2.24, 2.45) is 5.73 Å². The van der Waals surface area contributed by atoms with Gasteiger partial charge in [-0.2, -0.15) is 0 Å². The normalized spacial score (nSPS) is 17.3. The van der Waals surface area contributed by atoms with Gasteiger partial charge in [0.2, 0.25) is 5.91 Å². The molecule has 7 heteroatoms. The molecule has 4 N–H and O–H groups in total. The number of hydrogen-bond acceptors (Lipinski definition) is 5. The van der Waals surface area contributed by atoms with Gasteiger partial charge in [-0.1, -0.05) is 6.07 Å². The van der Waals surface area contributed by atoms with Crippen molar-refractivity contribution in [2.75, 3.05) is 18.0 Å². The summed E-state index contributed by atoms with van der Waals surface area (Å²) in [5.41, 5.74) is 5.54. The summed E-state index contributed by atoms with van der Waals surface area (Å²) in [5, 5.41) is 11.4. The molecule has 1 aromatic heterocycles. The lowest BCUT2D eigenvalue weighted by molar-refractivity contribution is -0.139. The molecule has 1 aliphatic rings. The molecule has 1 aliphatic heterocycles. The van der Waals surface area contributed by atoms with Crippen LogP contribution in [0.5, 0.6) is 0 Å². The number of hydrogen-bond donors (Lipinski definition) is 3. The lowest BCUT2D eigenvalue weighted by atomic mass is 10.0. The van der Waals surface area contributed by atoms with Gasteiger partial charge in [0.15, 0.2) is 0 Å². The second-order valence-electron chi connectivity index (χ2n) is 5.16. The number of pyridine rings is 1. The third-order valence-corrected chi connectivity index (χ3v) is 3.55. The first kappa shape index (κ1) is 15.2. The Labute approximate surface area is 123 Å².